The normalized spacial score (nSPS) is 23.1. The quantitative estimate of drug-likeness (QED) is 0.823. The molecule has 1 amide bonds. The highest BCUT2D eigenvalue weighted by Crippen LogP contribution is 2.24. The Bertz CT molecular complexity index is 489. The van der Waals surface area contributed by atoms with Crippen molar-refractivity contribution >= 4 is 34.5 Å². The van der Waals surface area contributed by atoms with E-state index in [1.807, 2.05) is 25.1 Å². The topological polar surface area (TPSA) is 57.6 Å². The summed E-state index contributed by atoms with van der Waals surface area (Å²) in [5.41, 5.74) is 0.625. The van der Waals surface area contributed by atoms with Gasteiger partial charge in [-0.3, -0.25) is 9.59 Å². The van der Waals surface area contributed by atoms with Gasteiger partial charge >= 0.3 is 5.97 Å². The van der Waals surface area contributed by atoms with E-state index in [4.69, 9.17) is 5.11 Å². The molecule has 0 unspecified atom stereocenters. The third kappa shape index (κ3) is 2.66. The second-order valence-corrected chi connectivity index (χ2v) is 5.89. The highest BCUT2D eigenvalue weighted by Gasteiger charge is 2.37. The predicted molar refractivity (Wildman–Crippen MR) is 75.4 cm³/mol. The molecule has 0 aliphatic carbocycles. The van der Waals surface area contributed by atoms with Crippen LogP contribution < -0.4 is 0 Å². The van der Waals surface area contributed by atoms with E-state index in [0.29, 0.717) is 18.7 Å². The third-order valence-electron chi connectivity index (χ3n) is 3.29. The highest BCUT2D eigenvalue weighted by molar-refractivity contribution is 14.1. The van der Waals surface area contributed by atoms with Crippen LogP contribution in [0.4, 0.5) is 0 Å². The maximum absolute atomic E-state index is 12.2. The second kappa shape index (κ2) is 5.26. The molecule has 0 spiro atoms. The minimum absolute atomic E-state index is 0.00855. The van der Waals surface area contributed by atoms with Crippen molar-refractivity contribution in [3.63, 3.8) is 0 Å². The van der Waals surface area contributed by atoms with Crippen LogP contribution in [-0.2, 0) is 4.79 Å². The molecule has 1 heterocycles. The Morgan fingerprint density at radius 3 is 2.67 bits per heavy atom. The number of hydrogen-bond donors (Lipinski definition) is 1. The van der Waals surface area contributed by atoms with Crippen LogP contribution in [0.3, 0.4) is 0 Å². The molecular weight excluding hydrogens is 345 g/mol. The Morgan fingerprint density at radius 1 is 1.39 bits per heavy atom. The fraction of sp³-hybridized carbons (Fsp3) is 0.385. The first kappa shape index (κ1) is 13.3. The number of nitrogens with zero attached hydrogens (tertiary/aromatic N) is 1. The Kier molecular flexibility index (Phi) is 3.89. The zero-order valence-electron chi connectivity index (χ0n) is 9.97. The molecule has 1 saturated heterocycles. The number of carbonyl (C=O) groups excluding carboxylic acids is 1. The lowest BCUT2D eigenvalue weighted by Gasteiger charge is -2.16. The summed E-state index contributed by atoms with van der Waals surface area (Å²) in [4.78, 5) is 24.9. The number of rotatable bonds is 2. The summed E-state index contributed by atoms with van der Waals surface area (Å²) in [6.45, 7) is 2.70. The molecule has 0 radical (unpaired) electrons. The zero-order chi connectivity index (χ0) is 13.3. The maximum atomic E-state index is 12.2. The number of amides is 1. The number of carboxylic acid groups (broad SMARTS) is 1. The van der Waals surface area contributed by atoms with E-state index in [-0.39, 0.29) is 11.8 Å². The summed E-state index contributed by atoms with van der Waals surface area (Å²) < 4.78 is 1.00. The van der Waals surface area contributed by atoms with Crippen molar-refractivity contribution in [3.8, 4) is 0 Å². The minimum atomic E-state index is -0.819. The molecular formula is C13H14INO3. The van der Waals surface area contributed by atoms with Gasteiger partial charge in [-0.05, 0) is 46.7 Å². The number of aliphatic carboxylic acids is 1. The van der Waals surface area contributed by atoms with Crippen LogP contribution in [0, 0.1) is 15.4 Å². The van der Waals surface area contributed by atoms with Crippen molar-refractivity contribution in [1.82, 2.24) is 4.90 Å². The van der Waals surface area contributed by atoms with Gasteiger partial charge < -0.3 is 10.0 Å². The van der Waals surface area contributed by atoms with Crippen LogP contribution in [-0.4, -0.2) is 35.0 Å². The van der Waals surface area contributed by atoms with Crippen molar-refractivity contribution in [3.05, 3.63) is 33.4 Å². The number of carbonyl (C=O) groups is 2. The lowest BCUT2D eigenvalue weighted by Crippen LogP contribution is -2.29. The molecule has 1 aliphatic rings. The third-order valence-corrected chi connectivity index (χ3v) is 3.96. The van der Waals surface area contributed by atoms with Crippen molar-refractivity contribution in [2.24, 2.45) is 11.8 Å². The molecule has 18 heavy (non-hydrogen) atoms. The lowest BCUT2D eigenvalue weighted by atomic mass is 9.99. The molecule has 0 aromatic heterocycles. The number of carboxylic acids is 1. The van der Waals surface area contributed by atoms with Crippen molar-refractivity contribution in [2.75, 3.05) is 13.1 Å². The molecule has 1 aromatic rings. The first-order chi connectivity index (χ1) is 8.49. The molecule has 2 atom stereocenters. The molecule has 4 nitrogen and oxygen atoms in total. The van der Waals surface area contributed by atoms with Crippen molar-refractivity contribution in [1.29, 1.82) is 0 Å². The first-order valence-corrected chi connectivity index (χ1v) is 6.84. The molecule has 5 heteroatoms. The summed E-state index contributed by atoms with van der Waals surface area (Å²) in [5.74, 6) is -1.34. The Morgan fingerprint density at radius 2 is 2.11 bits per heavy atom. The van der Waals surface area contributed by atoms with E-state index in [2.05, 4.69) is 22.6 Å². The molecule has 1 N–H and O–H groups in total. The monoisotopic (exact) mass is 359 g/mol. The molecule has 0 bridgehead atoms. The zero-order valence-corrected chi connectivity index (χ0v) is 12.1. The van der Waals surface area contributed by atoms with Gasteiger partial charge in [0.25, 0.3) is 5.91 Å². The van der Waals surface area contributed by atoms with Crippen molar-refractivity contribution < 1.29 is 14.7 Å². The van der Waals surface area contributed by atoms with E-state index in [1.54, 1.807) is 11.0 Å². The van der Waals surface area contributed by atoms with E-state index in [0.717, 1.165) is 3.57 Å². The minimum Gasteiger partial charge on any atom is -0.481 e. The predicted octanol–water partition coefficient (Wildman–Crippen LogP) is 2.08. The molecule has 0 saturated carbocycles. The van der Waals surface area contributed by atoms with E-state index >= 15 is 0 Å². The summed E-state index contributed by atoms with van der Waals surface area (Å²) in [6.07, 6.45) is 0. The van der Waals surface area contributed by atoms with E-state index in [1.165, 1.54) is 0 Å². The summed E-state index contributed by atoms with van der Waals surface area (Å²) in [6, 6.07) is 7.35. The Labute approximate surface area is 119 Å². The van der Waals surface area contributed by atoms with Gasteiger partial charge in [0.1, 0.15) is 0 Å². The van der Waals surface area contributed by atoms with Crippen LogP contribution >= 0.6 is 22.6 Å². The largest absolute Gasteiger partial charge is 0.481 e. The van der Waals surface area contributed by atoms with Crippen LogP contribution in [0.15, 0.2) is 24.3 Å². The van der Waals surface area contributed by atoms with E-state index in [9.17, 15) is 9.59 Å². The Balaban J connectivity index is 2.14. The molecule has 1 aromatic carbocycles. The van der Waals surface area contributed by atoms with Crippen LogP contribution in [0.25, 0.3) is 0 Å². The molecule has 96 valence electrons. The average molecular weight is 359 g/mol. The van der Waals surface area contributed by atoms with Gasteiger partial charge in [-0.1, -0.05) is 13.0 Å². The summed E-state index contributed by atoms with van der Waals surface area (Å²) >= 11 is 2.16. The van der Waals surface area contributed by atoms with Crippen LogP contribution in [0.1, 0.15) is 17.3 Å². The van der Waals surface area contributed by atoms with Crippen LogP contribution in [0.5, 0.6) is 0 Å². The van der Waals surface area contributed by atoms with Crippen LogP contribution in [0.2, 0.25) is 0 Å². The van der Waals surface area contributed by atoms with Gasteiger partial charge in [0.05, 0.1) is 5.92 Å². The second-order valence-electron chi connectivity index (χ2n) is 4.64. The summed E-state index contributed by atoms with van der Waals surface area (Å²) in [5, 5.41) is 9.06. The van der Waals surface area contributed by atoms with Gasteiger partial charge in [0.15, 0.2) is 0 Å². The maximum Gasteiger partial charge on any atom is 0.308 e. The fourth-order valence-corrected chi connectivity index (χ4v) is 2.80. The van der Waals surface area contributed by atoms with Gasteiger partial charge in [0, 0.05) is 22.2 Å². The Hall–Kier alpha value is -1.11. The standard InChI is InChI=1S/C13H14INO3/c1-8-6-15(7-11(8)13(17)18)12(16)9-3-2-4-10(14)5-9/h2-5,8,11H,6-7H2,1H3,(H,17,18)/t8-,11-/m1/s1. The smallest absolute Gasteiger partial charge is 0.308 e. The number of likely N-dealkylation sites (tertiary alicyclic amines) is 1. The van der Waals surface area contributed by atoms with Crippen molar-refractivity contribution in [2.45, 2.75) is 6.92 Å². The average Bonchev–Trinajstić information content (AvgIpc) is 2.70. The van der Waals surface area contributed by atoms with Gasteiger partial charge in [-0.2, -0.15) is 0 Å². The fourth-order valence-electron chi connectivity index (χ4n) is 2.26. The lowest BCUT2D eigenvalue weighted by molar-refractivity contribution is -0.142. The van der Waals surface area contributed by atoms with E-state index < -0.39 is 11.9 Å². The molecule has 2 rings (SSSR count). The summed E-state index contributed by atoms with van der Waals surface area (Å²) in [7, 11) is 0. The SMILES string of the molecule is C[C@@H]1CN(C(=O)c2cccc(I)c2)C[C@H]1C(=O)O. The first-order valence-electron chi connectivity index (χ1n) is 5.76. The van der Waals surface area contributed by atoms with Gasteiger partial charge in [-0.25, -0.2) is 0 Å². The molecule has 1 aliphatic heterocycles. The number of hydrogen-bond acceptors (Lipinski definition) is 2. The number of halogens is 1. The number of benzene rings is 1. The molecule has 1 fully saturated rings. The highest BCUT2D eigenvalue weighted by atomic mass is 127. The van der Waals surface area contributed by atoms with Gasteiger partial charge in [0.2, 0.25) is 0 Å². The van der Waals surface area contributed by atoms with Gasteiger partial charge in [-0.15, -0.1) is 0 Å².